The van der Waals surface area contributed by atoms with Crippen LogP contribution in [0.15, 0.2) is 34.1 Å². The van der Waals surface area contributed by atoms with Gasteiger partial charge in [-0.3, -0.25) is 9.59 Å². The molecule has 0 amide bonds. The van der Waals surface area contributed by atoms with E-state index in [9.17, 15) is 9.59 Å². The van der Waals surface area contributed by atoms with E-state index in [-0.39, 0.29) is 18.8 Å². The number of hydrogen-bond acceptors (Lipinski definition) is 6. The van der Waals surface area contributed by atoms with Gasteiger partial charge in [0.1, 0.15) is 0 Å². The van der Waals surface area contributed by atoms with E-state index in [0.717, 1.165) is 9.35 Å². The van der Waals surface area contributed by atoms with Crippen molar-refractivity contribution in [1.29, 1.82) is 0 Å². The minimum atomic E-state index is -0.409. The first-order valence-corrected chi connectivity index (χ1v) is 8.79. The van der Waals surface area contributed by atoms with Crippen molar-refractivity contribution in [2.24, 2.45) is 0 Å². The molecule has 0 aliphatic heterocycles. The zero-order chi connectivity index (χ0) is 17.5. The Morgan fingerprint density at radius 1 is 1.08 bits per heavy atom. The molecule has 1 aromatic heterocycles. The minimum Gasteiger partial charge on any atom is -0.493 e. The third-order valence-electron chi connectivity index (χ3n) is 3.28. The Hall–Kier alpha value is -1.86. The lowest BCUT2D eigenvalue weighted by atomic mass is 10.1. The molecule has 2 aromatic rings. The first-order valence-electron chi connectivity index (χ1n) is 7.18. The molecule has 1 aromatic carbocycles. The Bertz CT molecular complexity index is 726. The fraction of sp³-hybridized carbons (Fsp3) is 0.294. The zero-order valence-electron chi connectivity index (χ0n) is 13.3. The van der Waals surface area contributed by atoms with E-state index < -0.39 is 5.97 Å². The lowest BCUT2D eigenvalue weighted by Gasteiger charge is -2.09. The van der Waals surface area contributed by atoms with Crippen molar-refractivity contribution in [1.82, 2.24) is 0 Å². The number of halogens is 1. The van der Waals surface area contributed by atoms with Gasteiger partial charge < -0.3 is 14.2 Å². The summed E-state index contributed by atoms with van der Waals surface area (Å²) in [6.45, 7) is -0.238. The molecule has 0 N–H and O–H groups in total. The second-order valence-corrected chi connectivity index (χ2v) is 7.34. The summed E-state index contributed by atoms with van der Waals surface area (Å²) < 4.78 is 16.3. The Labute approximate surface area is 152 Å². The van der Waals surface area contributed by atoms with Crippen molar-refractivity contribution in [3.8, 4) is 11.5 Å². The molecule has 0 saturated carbocycles. The van der Waals surface area contributed by atoms with Gasteiger partial charge in [0.15, 0.2) is 18.1 Å². The molecule has 0 fully saturated rings. The average molecular weight is 413 g/mol. The van der Waals surface area contributed by atoms with Crippen LogP contribution < -0.4 is 9.47 Å². The summed E-state index contributed by atoms with van der Waals surface area (Å²) in [4.78, 5) is 24.2. The number of carbonyl (C=O) groups is 2. The van der Waals surface area contributed by atoms with Crippen LogP contribution in [0.2, 0.25) is 0 Å². The van der Waals surface area contributed by atoms with Crippen molar-refractivity contribution < 1.29 is 23.8 Å². The second kappa shape index (κ2) is 8.84. The Balaban J connectivity index is 1.82. The molecule has 0 bridgehead atoms. The lowest BCUT2D eigenvalue weighted by molar-refractivity contribution is -0.142. The number of methoxy groups -OCH3 is 2. The monoisotopic (exact) mass is 412 g/mol. The number of rotatable bonds is 8. The van der Waals surface area contributed by atoms with Gasteiger partial charge in [-0.2, -0.15) is 0 Å². The van der Waals surface area contributed by atoms with E-state index in [0.29, 0.717) is 22.8 Å². The van der Waals surface area contributed by atoms with Crippen LogP contribution in [0.4, 0.5) is 0 Å². The number of aryl methyl sites for hydroxylation is 1. The van der Waals surface area contributed by atoms with Crippen molar-refractivity contribution in [3.05, 3.63) is 44.6 Å². The molecular weight excluding hydrogens is 396 g/mol. The molecule has 0 spiro atoms. The summed E-state index contributed by atoms with van der Waals surface area (Å²) >= 11 is 4.61. The summed E-state index contributed by atoms with van der Waals surface area (Å²) in [5, 5.41) is 0. The lowest BCUT2D eigenvalue weighted by Crippen LogP contribution is -2.13. The third-order valence-corrected chi connectivity index (χ3v) is 4.94. The molecule has 24 heavy (non-hydrogen) atoms. The van der Waals surface area contributed by atoms with Crippen molar-refractivity contribution in [2.45, 2.75) is 12.8 Å². The number of ether oxygens (including phenoxy) is 3. The molecule has 0 aliphatic carbocycles. The largest absolute Gasteiger partial charge is 0.493 e. The number of carbonyl (C=O) groups excluding carboxylic acids is 2. The van der Waals surface area contributed by atoms with Gasteiger partial charge in [-0.15, -0.1) is 11.3 Å². The molecule has 2 rings (SSSR count). The first kappa shape index (κ1) is 18.5. The second-order valence-electron chi connectivity index (χ2n) is 4.88. The van der Waals surface area contributed by atoms with E-state index in [1.165, 1.54) is 11.3 Å². The quantitative estimate of drug-likeness (QED) is 0.486. The standard InChI is InChI=1S/C17H17BrO5S/c1-21-13-5-3-11(9-14(13)22-2)4-8-17(20)23-10-12(19)15-6-7-16(18)24-15/h3,5-7,9H,4,8,10H2,1-2H3. The van der Waals surface area contributed by atoms with E-state index in [1.54, 1.807) is 32.4 Å². The molecule has 0 unspecified atom stereocenters. The van der Waals surface area contributed by atoms with Crippen LogP contribution in [-0.4, -0.2) is 32.6 Å². The van der Waals surface area contributed by atoms with Crippen LogP contribution in [0.3, 0.4) is 0 Å². The number of benzene rings is 1. The Morgan fingerprint density at radius 3 is 2.46 bits per heavy atom. The molecule has 0 aliphatic rings. The van der Waals surface area contributed by atoms with Gasteiger partial charge in [0.05, 0.1) is 22.9 Å². The number of thiophene rings is 1. The van der Waals surface area contributed by atoms with Crippen LogP contribution in [0, 0.1) is 0 Å². The molecule has 1 heterocycles. The van der Waals surface area contributed by atoms with Gasteiger partial charge >= 0.3 is 5.97 Å². The van der Waals surface area contributed by atoms with Gasteiger partial charge in [-0.25, -0.2) is 0 Å². The normalized spacial score (nSPS) is 10.3. The molecular formula is C17H17BrO5S. The predicted molar refractivity (Wildman–Crippen MR) is 95.2 cm³/mol. The van der Waals surface area contributed by atoms with Crippen LogP contribution in [0.5, 0.6) is 11.5 Å². The fourth-order valence-corrected chi connectivity index (χ4v) is 3.35. The summed E-state index contributed by atoms with van der Waals surface area (Å²) in [5.41, 5.74) is 0.929. The van der Waals surface area contributed by atoms with E-state index in [1.807, 2.05) is 12.1 Å². The Kier molecular flexibility index (Phi) is 6.81. The maximum atomic E-state index is 11.9. The number of esters is 1. The molecule has 128 valence electrons. The van der Waals surface area contributed by atoms with Gasteiger partial charge in [0.25, 0.3) is 0 Å². The maximum Gasteiger partial charge on any atom is 0.306 e. The van der Waals surface area contributed by atoms with Crippen molar-refractivity contribution in [3.63, 3.8) is 0 Å². The van der Waals surface area contributed by atoms with Gasteiger partial charge in [0.2, 0.25) is 5.78 Å². The highest BCUT2D eigenvalue weighted by Gasteiger charge is 2.12. The van der Waals surface area contributed by atoms with E-state index in [4.69, 9.17) is 14.2 Å². The van der Waals surface area contributed by atoms with Gasteiger partial charge in [0, 0.05) is 6.42 Å². The summed E-state index contributed by atoms with van der Waals surface area (Å²) in [5.74, 6) is 0.636. The smallest absolute Gasteiger partial charge is 0.306 e. The van der Waals surface area contributed by atoms with Crippen LogP contribution in [0.25, 0.3) is 0 Å². The summed E-state index contributed by atoms with van der Waals surface area (Å²) in [6, 6.07) is 8.96. The Morgan fingerprint density at radius 2 is 1.83 bits per heavy atom. The maximum absolute atomic E-state index is 11.9. The van der Waals surface area contributed by atoms with Crippen molar-refractivity contribution >= 4 is 39.0 Å². The van der Waals surface area contributed by atoms with E-state index >= 15 is 0 Å². The van der Waals surface area contributed by atoms with Crippen molar-refractivity contribution in [2.75, 3.05) is 20.8 Å². The van der Waals surface area contributed by atoms with E-state index in [2.05, 4.69) is 15.9 Å². The van der Waals surface area contributed by atoms with Crippen LogP contribution >= 0.6 is 27.3 Å². The molecule has 0 saturated heterocycles. The number of hydrogen-bond donors (Lipinski definition) is 0. The fourth-order valence-electron chi connectivity index (χ4n) is 2.04. The average Bonchev–Trinajstić information content (AvgIpc) is 3.04. The third kappa shape index (κ3) is 5.07. The topological polar surface area (TPSA) is 61.8 Å². The molecule has 0 radical (unpaired) electrons. The molecule has 7 heteroatoms. The molecule has 0 atom stereocenters. The highest BCUT2D eigenvalue weighted by Crippen LogP contribution is 2.28. The highest BCUT2D eigenvalue weighted by atomic mass is 79.9. The number of Topliss-reactive ketones (excluding diaryl/α,β-unsaturated/α-hetero) is 1. The molecule has 5 nitrogen and oxygen atoms in total. The SMILES string of the molecule is COc1ccc(CCC(=O)OCC(=O)c2ccc(Br)s2)cc1OC. The zero-order valence-corrected chi connectivity index (χ0v) is 15.7. The highest BCUT2D eigenvalue weighted by molar-refractivity contribution is 9.11. The summed E-state index contributed by atoms with van der Waals surface area (Å²) in [6.07, 6.45) is 0.689. The minimum absolute atomic E-state index is 0.191. The van der Waals surface area contributed by atoms with Gasteiger partial charge in [-0.05, 0) is 52.2 Å². The van der Waals surface area contributed by atoms with Crippen LogP contribution in [0.1, 0.15) is 21.7 Å². The number of ketones is 1. The van der Waals surface area contributed by atoms with Gasteiger partial charge in [-0.1, -0.05) is 6.07 Å². The van der Waals surface area contributed by atoms with Crippen LogP contribution in [-0.2, 0) is 16.0 Å². The summed E-state index contributed by atoms with van der Waals surface area (Å²) in [7, 11) is 3.13. The predicted octanol–water partition coefficient (Wildman–Crippen LogP) is 3.89. The first-order chi connectivity index (χ1) is 11.5.